The van der Waals surface area contributed by atoms with Crippen LogP contribution in [0.5, 0.6) is 0 Å². The number of hydrogen-bond donors (Lipinski definition) is 5. The normalized spacial score (nSPS) is 35.0. The molecular formula is C38H48FN3O8. The number of anilines is 1. The van der Waals surface area contributed by atoms with E-state index in [1.165, 1.54) is 17.8 Å². The zero-order chi connectivity index (χ0) is 35.7. The van der Waals surface area contributed by atoms with Gasteiger partial charge in [-0.1, -0.05) is 19.4 Å². The summed E-state index contributed by atoms with van der Waals surface area (Å²) in [5, 5.41) is 44.3. The Labute approximate surface area is 290 Å². The monoisotopic (exact) mass is 693 g/mol. The average Bonchev–Trinajstić information content (AvgIpc) is 3.90. The van der Waals surface area contributed by atoms with Crippen molar-refractivity contribution in [2.45, 2.75) is 89.4 Å². The van der Waals surface area contributed by atoms with E-state index in [0.29, 0.717) is 43.6 Å². The van der Waals surface area contributed by atoms with Gasteiger partial charge in [-0.2, -0.15) is 0 Å². The lowest BCUT2D eigenvalue weighted by Gasteiger charge is -2.60. The molecule has 1 aromatic heterocycles. The summed E-state index contributed by atoms with van der Waals surface area (Å²) in [6.07, 6.45) is 9.03. The third-order valence-corrected chi connectivity index (χ3v) is 13.4. The minimum absolute atomic E-state index is 0.0697. The van der Waals surface area contributed by atoms with E-state index in [2.05, 4.69) is 12.2 Å². The third-order valence-electron chi connectivity index (χ3n) is 13.4. The van der Waals surface area contributed by atoms with Crippen LogP contribution in [0.15, 0.2) is 34.8 Å². The molecule has 5 fully saturated rings. The minimum atomic E-state index is -1.54. The molecule has 0 unspecified atom stereocenters. The lowest BCUT2D eigenvalue weighted by Crippen LogP contribution is -2.62. The smallest absolute Gasteiger partial charge is 0.341 e. The zero-order valence-corrected chi connectivity index (χ0v) is 28.8. The molecule has 0 bridgehead atoms. The second-order valence-corrected chi connectivity index (χ2v) is 15.9. The van der Waals surface area contributed by atoms with Gasteiger partial charge in [0.25, 0.3) is 0 Å². The number of Topliss-reactive ketones (excluding diaryl/α,β-unsaturated/α-hetero) is 1. The maximum Gasteiger partial charge on any atom is 0.341 e. The van der Waals surface area contributed by atoms with Gasteiger partial charge in [-0.15, -0.1) is 0 Å². The minimum Gasteiger partial charge on any atom is -0.477 e. The number of carboxylic acid groups (broad SMARTS) is 1. The fourth-order valence-corrected chi connectivity index (χ4v) is 10.6. The fourth-order valence-electron chi connectivity index (χ4n) is 10.6. The number of carbonyl (C=O) groups is 3. The number of aliphatic hydroxyl groups is 3. The highest BCUT2D eigenvalue weighted by Crippen LogP contribution is 2.67. The first-order valence-corrected chi connectivity index (χ1v) is 18.1. The van der Waals surface area contributed by atoms with Gasteiger partial charge >= 0.3 is 5.97 Å². The number of ketones is 2. The molecule has 0 radical (unpaired) electrons. The van der Waals surface area contributed by atoms with Crippen LogP contribution in [0.2, 0.25) is 0 Å². The topological polar surface area (TPSA) is 169 Å². The molecule has 5 aliphatic carbocycles. The van der Waals surface area contributed by atoms with Crippen molar-refractivity contribution in [2.75, 3.05) is 37.7 Å². The maximum absolute atomic E-state index is 14.6. The molecular weight excluding hydrogens is 645 g/mol. The summed E-state index contributed by atoms with van der Waals surface area (Å²) in [7, 11) is 0. The van der Waals surface area contributed by atoms with Crippen molar-refractivity contribution in [3.8, 4) is 0 Å². The van der Waals surface area contributed by atoms with Crippen molar-refractivity contribution >= 4 is 34.1 Å². The summed E-state index contributed by atoms with van der Waals surface area (Å²) >= 11 is 0. The maximum atomic E-state index is 14.6. The van der Waals surface area contributed by atoms with Crippen LogP contribution >= 0.6 is 0 Å². The van der Waals surface area contributed by atoms with Crippen molar-refractivity contribution in [3.63, 3.8) is 0 Å². The summed E-state index contributed by atoms with van der Waals surface area (Å²) < 4.78 is 16.4. The highest BCUT2D eigenvalue weighted by molar-refractivity contribution is 5.94. The molecule has 0 spiro atoms. The van der Waals surface area contributed by atoms with Crippen LogP contribution in [0.3, 0.4) is 0 Å². The van der Waals surface area contributed by atoms with Crippen molar-refractivity contribution in [3.05, 3.63) is 51.6 Å². The zero-order valence-electron chi connectivity index (χ0n) is 28.8. The first-order valence-electron chi connectivity index (χ1n) is 18.1. The Bertz CT molecular complexity index is 1830. The van der Waals surface area contributed by atoms with Gasteiger partial charge in [0, 0.05) is 55.6 Å². The molecule has 7 atom stereocenters. The van der Waals surface area contributed by atoms with Gasteiger partial charge in [0.15, 0.2) is 11.6 Å². The van der Waals surface area contributed by atoms with Gasteiger partial charge in [-0.05, 0) is 92.7 Å². The summed E-state index contributed by atoms with van der Waals surface area (Å²) in [6, 6.07) is 3.08. The number of nitrogens with one attached hydrogen (secondary N) is 1. The second kappa shape index (κ2) is 12.6. The lowest BCUT2D eigenvalue weighted by atomic mass is 9.45. The summed E-state index contributed by atoms with van der Waals surface area (Å²) in [4.78, 5) is 50.0. The van der Waals surface area contributed by atoms with E-state index in [0.717, 1.165) is 51.6 Å². The average molecular weight is 694 g/mol. The van der Waals surface area contributed by atoms with Crippen LogP contribution in [0.25, 0.3) is 10.9 Å². The molecule has 8 rings (SSSR count). The number of nitrogens with zero attached hydrogens (tertiary/aromatic N) is 2. The number of allylic oxidation sites excluding steroid dienone is 1. The van der Waals surface area contributed by atoms with Gasteiger partial charge in [-0.25, -0.2) is 9.18 Å². The number of aromatic nitrogens is 1. The van der Waals surface area contributed by atoms with E-state index in [9.17, 15) is 44.0 Å². The Balaban J connectivity index is 0.000000157. The van der Waals surface area contributed by atoms with E-state index in [1.807, 2.05) is 16.4 Å². The van der Waals surface area contributed by atoms with Crippen molar-refractivity contribution in [2.24, 2.45) is 28.6 Å². The van der Waals surface area contributed by atoms with E-state index in [-0.39, 0.29) is 45.9 Å². The van der Waals surface area contributed by atoms with Gasteiger partial charge in [0.05, 0.1) is 17.3 Å². The Morgan fingerprint density at radius 1 is 1.04 bits per heavy atom. The number of rotatable bonds is 5. The number of benzene rings is 1. The highest BCUT2D eigenvalue weighted by Gasteiger charge is 2.68. The fraction of sp³-hybridized carbons (Fsp3) is 0.632. The third kappa shape index (κ3) is 5.45. The molecule has 1 aromatic carbocycles. The lowest BCUT2D eigenvalue weighted by molar-refractivity contribution is -0.182. The standard InChI is InChI=1S/C21H30O5.C17H18FN3O3/c1-19-7-5-13(23)9-12(19)3-4-14-15-6-8-21(26,17(25)11-22)20(15,2)10-16(24)18(14)19;18-13-7-11-14(8-15(13)20-5-3-19-4-6-20)21(10-1-2-10)9-12(16(11)22)17(23)24/h9,14-16,18,22,24,26H,3-8,10-11H2,1-2H3;7-10,19H,1-6H2,(H,23,24)/t14-,15-,16-,18+,19-,20-,21-;/m0./s1. The molecule has 12 heteroatoms. The second-order valence-electron chi connectivity index (χ2n) is 15.9. The predicted molar refractivity (Wildman–Crippen MR) is 184 cm³/mol. The molecule has 1 saturated heterocycles. The van der Waals surface area contributed by atoms with Crippen LogP contribution in [-0.4, -0.2) is 87.0 Å². The summed E-state index contributed by atoms with van der Waals surface area (Å²) in [5.74, 6) is -1.62. The van der Waals surface area contributed by atoms with E-state index in [1.54, 1.807) is 12.1 Å². The van der Waals surface area contributed by atoms with Crippen LogP contribution in [0.4, 0.5) is 10.1 Å². The van der Waals surface area contributed by atoms with Gasteiger partial charge in [0.2, 0.25) is 5.43 Å². The molecule has 5 N–H and O–H groups in total. The Hall–Kier alpha value is -3.45. The van der Waals surface area contributed by atoms with Crippen LogP contribution in [0, 0.1) is 34.4 Å². The number of fused-ring (bicyclic) bond motifs is 6. The number of aromatic carboxylic acids is 1. The molecule has 0 amide bonds. The summed E-state index contributed by atoms with van der Waals surface area (Å²) in [5.41, 5.74) is -1.07. The molecule has 6 aliphatic rings. The van der Waals surface area contributed by atoms with Crippen molar-refractivity contribution in [1.29, 1.82) is 0 Å². The predicted octanol–water partition coefficient (Wildman–Crippen LogP) is 3.36. The number of aliphatic hydroxyl groups excluding tert-OH is 2. The van der Waals surface area contributed by atoms with Crippen LogP contribution < -0.4 is 15.6 Å². The molecule has 11 nitrogen and oxygen atoms in total. The van der Waals surface area contributed by atoms with Gasteiger partial charge < -0.3 is 35.2 Å². The summed E-state index contributed by atoms with van der Waals surface area (Å²) in [6.45, 7) is 6.42. The quantitative estimate of drug-likeness (QED) is 0.313. The van der Waals surface area contributed by atoms with Crippen molar-refractivity contribution < 1.29 is 39.2 Å². The number of carboxylic acids is 1. The molecule has 2 heterocycles. The highest BCUT2D eigenvalue weighted by atomic mass is 19.1. The molecule has 2 aromatic rings. The molecule has 50 heavy (non-hydrogen) atoms. The SMILES string of the molecule is C[C@]12CCC(=O)C=C1CC[C@@H]1[C@@H]2[C@@H](O)C[C@@]2(C)[C@H]1CC[C@]2(O)C(=O)CO.O=C(O)c1cn(C2CC2)c2cc(N3CCNCC3)c(F)cc2c1=O. The number of piperazine rings is 1. The molecule has 1 aliphatic heterocycles. The van der Waals surface area contributed by atoms with Crippen LogP contribution in [-0.2, 0) is 9.59 Å². The number of halogens is 1. The largest absolute Gasteiger partial charge is 0.477 e. The molecule has 270 valence electrons. The first-order chi connectivity index (χ1) is 23.7. The Kier molecular flexibility index (Phi) is 8.85. The first kappa shape index (κ1) is 35.0. The van der Waals surface area contributed by atoms with E-state index >= 15 is 0 Å². The van der Waals surface area contributed by atoms with Crippen LogP contribution in [0.1, 0.15) is 88.0 Å². The Morgan fingerprint density at radius 2 is 1.76 bits per heavy atom. The van der Waals surface area contributed by atoms with E-state index in [4.69, 9.17) is 0 Å². The number of carbonyl (C=O) groups excluding carboxylic acids is 2. The molecule has 4 saturated carbocycles. The number of hydrogen-bond acceptors (Lipinski definition) is 9. The Morgan fingerprint density at radius 3 is 2.42 bits per heavy atom. The van der Waals surface area contributed by atoms with E-state index < -0.39 is 46.7 Å². The van der Waals surface area contributed by atoms with Gasteiger partial charge in [0.1, 0.15) is 23.6 Å². The van der Waals surface area contributed by atoms with Gasteiger partial charge in [-0.3, -0.25) is 14.4 Å². The number of pyridine rings is 1. The van der Waals surface area contributed by atoms with Crippen molar-refractivity contribution in [1.82, 2.24) is 9.88 Å².